The molecule has 1 fully saturated rings. The average Bonchev–Trinajstić information content (AvgIpc) is 2.60. The van der Waals surface area contributed by atoms with Gasteiger partial charge in [0.05, 0.1) is 10.9 Å². The molecule has 26 heavy (non-hydrogen) atoms. The van der Waals surface area contributed by atoms with E-state index in [1.165, 1.54) is 0 Å². The summed E-state index contributed by atoms with van der Waals surface area (Å²) in [4.78, 5) is 2.69. The van der Waals surface area contributed by atoms with Crippen LogP contribution < -0.4 is 0 Å². The summed E-state index contributed by atoms with van der Waals surface area (Å²) in [5, 5.41) is 0. The van der Waals surface area contributed by atoms with Gasteiger partial charge in [0.2, 0.25) is 10.0 Å². The van der Waals surface area contributed by atoms with Crippen molar-refractivity contribution in [2.75, 3.05) is 26.7 Å². The first-order valence-electron chi connectivity index (χ1n) is 9.06. The van der Waals surface area contributed by atoms with Gasteiger partial charge < -0.3 is 4.90 Å². The summed E-state index contributed by atoms with van der Waals surface area (Å²) in [7, 11) is -1.53. The molecule has 0 amide bonds. The van der Waals surface area contributed by atoms with E-state index in [2.05, 4.69) is 11.0 Å². The Bertz CT molecular complexity index is 881. The standard InChI is InChI=1S/C21H28N2O2S/c1-15-13-16(2)18(4)21(17(15)3)26(24,25)23-12-11-22(5)14-20(23)19-9-7-6-8-10-19/h6-10,13,20H,11-12,14H2,1-5H3. The number of benzene rings is 2. The van der Waals surface area contributed by atoms with Crippen molar-refractivity contribution in [2.45, 2.75) is 38.6 Å². The molecule has 5 heteroatoms. The third kappa shape index (κ3) is 3.31. The topological polar surface area (TPSA) is 40.6 Å². The van der Waals surface area contributed by atoms with E-state index in [1.54, 1.807) is 4.31 Å². The van der Waals surface area contributed by atoms with Crippen LogP contribution in [-0.4, -0.2) is 44.3 Å². The van der Waals surface area contributed by atoms with Crippen LogP contribution in [0.25, 0.3) is 0 Å². The molecule has 1 aliphatic rings. The molecule has 0 radical (unpaired) electrons. The molecule has 0 N–H and O–H groups in total. The Morgan fingerprint density at radius 1 is 0.923 bits per heavy atom. The minimum Gasteiger partial charge on any atom is -0.303 e. The fraction of sp³-hybridized carbons (Fsp3) is 0.429. The zero-order chi connectivity index (χ0) is 19.1. The number of hydrogen-bond acceptors (Lipinski definition) is 3. The van der Waals surface area contributed by atoms with E-state index in [0.29, 0.717) is 18.0 Å². The Kier molecular flexibility index (Phi) is 5.24. The second-order valence-corrected chi connectivity index (χ2v) is 9.22. The number of likely N-dealkylation sites (N-methyl/N-ethyl adjacent to an activating group) is 1. The Balaban J connectivity index is 2.14. The molecule has 2 aromatic rings. The Morgan fingerprint density at radius 3 is 2.08 bits per heavy atom. The maximum atomic E-state index is 13.7. The highest BCUT2D eigenvalue weighted by Crippen LogP contribution is 2.35. The van der Waals surface area contributed by atoms with Crippen molar-refractivity contribution in [3.63, 3.8) is 0 Å². The van der Waals surface area contributed by atoms with Gasteiger partial charge in [0.25, 0.3) is 0 Å². The largest absolute Gasteiger partial charge is 0.303 e. The smallest absolute Gasteiger partial charge is 0.244 e. The van der Waals surface area contributed by atoms with Gasteiger partial charge in [-0.2, -0.15) is 4.31 Å². The highest BCUT2D eigenvalue weighted by atomic mass is 32.2. The van der Waals surface area contributed by atoms with Crippen LogP contribution in [-0.2, 0) is 10.0 Å². The van der Waals surface area contributed by atoms with Gasteiger partial charge in [-0.05, 0) is 62.6 Å². The lowest BCUT2D eigenvalue weighted by molar-refractivity contribution is 0.160. The molecule has 0 spiro atoms. The summed E-state index contributed by atoms with van der Waals surface area (Å²) in [5.74, 6) is 0. The van der Waals surface area contributed by atoms with Gasteiger partial charge in [-0.15, -0.1) is 0 Å². The van der Waals surface area contributed by atoms with Crippen molar-refractivity contribution in [3.05, 3.63) is 64.2 Å². The molecule has 1 unspecified atom stereocenters. The van der Waals surface area contributed by atoms with E-state index in [-0.39, 0.29) is 6.04 Å². The minimum atomic E-state index is -3.58. The van der Waals surface area contributed by atoms with Crippen molar-refractivity contribution >= 4 is 10.0 Å². The average molecular weight is 373 g/mol. The Morgan fingerprint density at radius 2 is 1.50 bits per heavy atom. The van der Waals surface area contributed by atoms with Gasteiger partial charge in [0.15, 0.2) is 0 Å². The summed E-state index contributed by atoms with van der Waals surface area (Å²) in [6.07, 6.45) is 0. The molecule has 2 aromatic carbocycles. The molecule has 140 valence electrons. The van der Waals surface area contributed by atoms with E-state index in [4.69, 9.17) is 0 Å². The molecule has 0 aliphatic carbocycles. The predicted octanol–water partition coefficient (Wildman–Crippen LogP) is 3.60. The highest BCUT2D eigenvalue weighted by Gasteiger charge is 2.37. The van der Waals surface area contributed by atoms with Crippen molar-refractivity contribution < 1.29 is 8.42 Å². The van der Waals surface area contributed by atoms with Gasteiger partial charge >= 0.3 is 0 Å². The number of aryl methyl sites for hydroxylation is 2. The first-order valence-corrected chi connectivity index (χ1v) is 10.5. The van der Waals surface area contributed by atoms with E-state index in [9.17, 15) is 8.42 Å². The summed E-state index contributed by atoms with van der Waals surface area (Å²) in [6.45, 7) is 9.76. The van der Waals surface area contributed by atoms with Crippen molar-refractivity contribution in [3.8, 4) is 0 Å². The van der Waals surface area contributed by atoms with Crippen LogP contribution in [0.2, 0.25) is 0 Å². The number of rotatable bonds is 3. The lowest BCUT2D eigenvalue weighted by Crippen LogP contribution is -2.49. The molecule has 0 saturated carbocycles. The van der Waals surface area contributed by atoms with Crippen LogP contribution in [0.1, 0.15) is 33.9 Å². The van der Waals surface area contributed by atoms with Crippen LogP contribution in [0, 0.1) is 27.7 Å². The van der Waals surface area contributed by atoms with Crippen LogP contribution in [0.5, 0.6) is 0 Å². The van der Waals surface area contributed by atoms with E-state index in [1.807, 2.05) is 65.1 Å². The summed E-state index contributed by atoms with van der Waals surface area (Å²) in [5.41, 5.74) is 4.81. The normalized spacial score (nSPS) is 19.7. The van der Waals surface area contributed by atoms with E-state index in [0.717, 1.165) is 34.4 Å². The molecular formula is C21H28N2O2S. The molecule has 4 nitrogen and oxygen atoms in total. The van der Waals surface area contributed by atoms with Gasteiger partial charge in [0.1, 0.15) is 0 Å². The molecule has 1 saturated heterocycles. The van der Waals surface area contributed by atoms with Crippen molar-refractivity contribution in [2.24, 2.45) is 0 Å². The SMILES string of the molecule is Cc1cc(C)c(C)c(S(=O)(=O)N2CCN(C)CC2c2ccccc2)c1C. The second-order valence-electron chi connectivity index (χ2n) is 7.39. The third-order valence-electron chi connectivity index (χ3n) is 5.58. The quantitative estimate of drug-likeness (QED) is 0.827. The van der Waals surface area contributed by atoms with Crippen LogP contribution in [0.15, 0.2) is 41.3 Å². The number of nitrogens with zero attached hydrogens (tertiary/aromatic N) is 2. The number of sulfonamides is 1. The lowest BCUT2D eigenvalue weighted by atomic mass is 10.0. The maximum absolute atomic E-state index is 13.7. The monoisotopic (exact) mass is 372 g/mol. The van der Waals surface area contributed by atoms with E-state index >= 15 is 0 Å². The minimum absolute atomic E-state index is 0.167. The summed E-state index contributed by atoms with van der Waals surface area (Å²) < 4.78 is 29.2. The predicted molar refractivity (Wildman–Crippen MR) is 106 cm³/mol. The molecule has 0 bridgehead atoms. The molecule has 1 aliphatic heterocycles. The fourth-order valence-corrected chi connectivity index (χ4v) is 6.00. The lowest BCUT2D eigenvalue weighted by Gasteiger charge is -2.40. The van der Waals surface area contributed by atoms with Gasteiger partial charge in [0, 0.05) is 19.6 Å². The number of piperazine rings is 1. The van der Waals surface area contributed by atoms with Crippen LogP contribution in [0.4, 0.5) is 0 Å². The number of hydrogen-bond donors (Lipinski definition) is 0. The Labute approximate surface area is 157 Å². The Hall–Kier alpha value is -1.69. The van der Waals surface area contributed by atoms with Crippen molar-refractivity contribution in [1.29, 1.82) is 0 Å². The molecular weight excluding hydrogens is 344 g/mol. The third-order valence-corrected chi connectivity index (χ3v) is 7.77. The molecule has 1 atom stereocenters. The van der Waals surface area contributed by atoms with Crippen LogP contribution in [0.3, 0.4) is 0 Å². The molecule has 0 aromatic heterocycles. The maximum Gasteiger partial charge on any atom is 0.244 e. The summed E-state index contributed by atoms with van der Waals surface area (Å²) in [6, 6.07) is 11.9. The van der Waals surface area contributed by atoms with Gasteiger partial charge in [-0.1, -0.05) is 36.4 Å². The molecule has 1 heterocycles. The first-order chi connectivity index (χ1) is 12.2. The zero-order valence-electron chi connectivity index (χ0n) is 16.3. The fourth-order valence-electron chi connectivity index (χ4n) is 3.82. The van der Waals surface area contributed by atoms with Crippen LogP contribution >= 0.6 is 0 Å². The van der Waals surface area contributed by atoms with Crippen molar-refractivity contribution in [1.82, 2.24) is 9.21 Å². The highest BCUT2D eigenvalue weighted by molar-refractivity contribution is 7.89. The summed E-state index contributed by atoms with van der Waals surface area (Å²) >= 11 is 0. The molecule has 3 rings (SSSR count). The zero-order valence-corrected chi connectivity index (χ0v) is 17.1. The van der Waals surface area contributed by atoms with E-state index < -0.39 is 10.0 Å². The second kappa shape index (κ2) is 7.14. The van der Waals surface area contributed by atoms with Gasteiger partial charge in [-0.3, -0.25) is 0 Å². The van der Waals surface area contributed by atoms with Gasteiger partial charge in [-0.25, -0.2) is 8.42 Å². The first kappa shape index (κ1) is 19.1.